The van der Waals surface area contributed by atoms with Crippen molar-refractivity contribution in [3.8, 4) is 0 Å². The van der Waals surface area contributed by atoms with Gasteiger partial charge in [-0.3, -0.25) is 9.59 Å². The summed E-state index contributed by atoms with van der Waals surface area (Å²) in [6, 6.07) is 0. The summed E-state index contributed by atoms with van der Waals surface area (Å²) in [5, 5.41) is 2.92. The number of amides is 1. The van der Waals surface area contributed by atoms with E-state index < -0.39 is 0 Å². The van der Waals surface area contributed by atoms with Gasteiger partial charge in [0.2, 0.25) is 5.91 Å². The Morgan fingerprint density at radius 1 is 1.50 bits per heavy atom. The fourth-order valence-corrected chi connectivity index (χ4v) is 3.73. The monoisotopic (exact) mass is 223 g/mol. The Bertz CT molecular complexity index is 339. The smallest absolute Gasteiger partial charge is 0.310 e. The number of ether oxygens (including phenoxy) is 1. The average Bonchev–Trinajstić information content (AvgIpc) is 2.85. The fourth-order valence-electron chi connectivity index (χ4n) is 3.73. The number of nitrogens with one attached hydrogen (secondary N) is 1. The molecule has 2 saturated carbocycles. The summed E-state index contributed by atoms with van der Waals surface area (Å²) >= 11 is 0. The van der Waals surface area contributed by atoms with E-state index in [-0.39, 0.29) is 29.8 Å². The highest BCUT2D eigenvalue weighted by Crippen LogP contribution is 2.57. The van der Waals surface area contributed by atoms with Crippen LogP contribution in [0, 0.1) is 23.7 Å². The van der Waals surface area contributed by atoms with Gasteiger partial charge in [0.25, 0.3) is 0 Å². The standard InChI is InChI=1S/C12H17NO3/c1-2-3-13-11(14)9-6-4-7-8(5-6)16-12(15)10(7)9/h6-10H,2-5H2,1H3,(H,13,14)/t6-,7+,8-,9+,10+/m1/s1. The SMILES string of the molecule is CCCNC(=O)[C@H]1[C@@H]2C[C@@H]3[C@@H]1C(=O)O[C@@H]3C2. The summed E-state index contributed by atoms with van der Waals surface area (Å²) in [6.07, 6.45) is 2.96. The Hall–Kier alpha value is -1.06. The van der Waals surface area contributed by atoms with Crippen molar-refractivity contribution in [1.82, 2.24) is 5.32 Å². The topological polar surface area (TPSA) is 55.4 Å². The third kappa shape index (κ3) is 1.22. The molecular weight excluding hydrogens is 206 g/mol. The maximum Gasteiger partial charge on any atom is 0.310 e. The summed E-state index contributed by atoms with van der Waals surface area (Å²) in [5.41, 5.74) is 0. The molecule has 1 saturated heterocycles. The maximum absolute atomic E-state index is 12.0. The molecule has 3 rings (SSSR count). The molecule has 2 bridgehead atoms. The van der Waals surface area contributed by atoms with Gasteiger partial charge in [-0.2, -0.15) is 0 Å². The van der Waals surface area contributed by atoms with Crippen LogP contribution in [-0.4, -0.2) is 24.5 Å². The van der Waals surface area contributed by atoms with Crippen LogP contribution in [-0.2, 0) is 14.3 Å². The molecule has 0 aromatic carbocycles. The molecule has 3 aliphatic rings. The third-order valence-electron chi connectivity index (χ3n) is 4.34. The zero-order valence-electron chi connectivity index (χ0n) is 9.44. The third-order valence-corrected chi connectivity index (χ3v) is 4.34. The first-order valence-electron chi connectivity index (χ1n) is 6.20. The van der Waals surface area contributed by atoms with Gasteiger partial charge in [0.15, 0.2) is 0 Å². The molecule has 4 nitrogen and oxygen atoms in total. The Morgan fingerprint density at radius 2 is 2.31 bits per heavy atom. The fraction of sp³-hybridized carbons (Fsp3) is 0.833. The number of hydrogen-bond donors (Lipinski definition) is 1. The van der Waals surface area contributed by atoms with Crippen LogP contribution in [0.1, 0.15) is 26.2 Å². The molecule has 0 aromatic rings. The van der Waals surface area contributed by atoms with Crippen LogP contribution in [0.5, 0.6) is 0 Å². The summed E-state index contributed by atoms with van der Waals surface area (Å²) in [7, 11) is 0. The number of carbonyl (C=O) groups excluding carboxylic acids is 2. The molecule has 5 atom stereocenters. The highest BCUT2D eigenvalue weighted by atomic mass is 16.6. The largest absolute Gasteiger partial charge is 0.462 e. The van der Waals surface area contributed by atoms with Crippen molar-refractivity contribution < 1.29 is 14.3 Å². The minimum absolute atomic E-state index is 0.0663. The summed E-state index contributed by atoms with van der Waals surface area (Å²) in [5.74, 6) is 0.393. The molecule has 0 unspecified atom stereocenters. The first-order valence-corrected chi connectivity index (χ1v) is 6.20. The summed E-state index contributed by atoms with van der Waals surface area (Å²) < 4.78 is 5.31. The number of carbonyl (C=O) groups is 2. The number of rotatable bonds is 3. The second-order valence-corrected chi connectivity index (χ2v) is 5.21. The first-order chi connectivity index (χ1) is 7.72. The summed E-state index contributed by atoms with van der Waals surface area (Å²) in [4.78, 5) is 23.7. The normalized spacial score (nSPS) is 43.6. The van der Waals surface area contributed by atoms with Gasteiger partial charge in [-0.15, -0.1) is 0 Å². The molecule has 0 spiro atoms. The van der Waals surface area contributed by atoms with Crippen molar-refractivity contribution in [2.24, 2.45) is 23.7 Å². The Kier molecular flexibility index (Phi) is 2.19. The zero-order chi connectivity index (χ0) is 11.3. The van der Waals surface area contributed by atoms with Crippen molar-refractivity contribution in [3.05, 3.63) is 0 Å². The van der Waals surface area contributed by atoms with Crippen LogP contribution in [0.4, 0.5) is 0 Å². The molecular formula is C12H17NO3. The van der Waals surface area contributed by atoms with Crippen LogP contribution in [0.2, 0.25) is 0 Å². The molecule has 2 aliphatic carbocycles. The van der Waals surface area contributed by atoms with Crippen molar-refractivity contribution in [2.75, 3.05) is 6.54 Å². The van der Waals surface area contributed by atoms with Crippen molar-refractivity contribution in [2.45, 2.75) is 32.3 Å². The zero-order valence-corrected chi connectivity index (χ0v) is 9.44. The molecule has 4 heteroatoms. The number of fused-ring (bicyclic) bond motifs is 1. The molecule has 0 radical (unpaired) electrons. The van der Waals surface area contributed by atoms with E-state index in [1.807, 2.05) is 6.92 Å². The van der Waals surface area contributed by atoms with Gasteiger partial charge in [0.1, 0.15) is 6.10 Å². The lowest BCUT2D eigenvalue weighted by molar-refractivity contribution is -0.146. The predicted octanol–water partition coefficient (Wildman–Crippen LogP) is 0.710. The molecule has 0 aromatic heterocycles. The molecule has 1 N–H and O–H groups in total. The molecule has 16 heavy (non-hydrogen) atoms. The van der Waals surface area contributed by atoms with E-state index in [1.54, 1.807) is 0 Å². The van der Waals surface area contributed by atoms with Gasteiger partial charge in [-0.25, -0.2) is 0 Å². The second-order valence-electron chi connectivity index (χ2n) is 5.21. The van der Waals surface area contributed by atoms with Gasteiger partial charge in [-0.05, 0) is 25.2 Å². The van der Waals surface area contributed by atoms with Gasteiger partial charge in [-0.1, -0.05) is 6.92 Å². The quantitative estimate of drug-likeness (QED) is 0.717. The van der Waals surface area contributed by atoms with Crippen LogP contribution >= 0.6 is 0 Å². The van der Waals surface area contributed by atoms with Gasteiger partial charge in [0, 0.05) is 12.5 Å². The Balaban J connectivity index is 1.77. The van der Waals surface area contributed by atoms with Crippen LogP contribution in [0.25, 0.3) is 0 Å². The van der Waals surface area contributed by atoms with Crippen LogP contribution in [0.3, 0.4) is 0 Å². The predicted molar refractivity (Wildman–Crippen MR) is 56.4 cm³/mol. The van der Waals surface area contributed by atoms with E-state index in [4.69, 9.17) is 4.74 Å². The Morgan fingerprint density at radius 3 is 3.06 bits per heavy atom. The van der Waals surface area contributed by atoms with Crippen molar-refractivity contribution >= 4 is 11.9 Å². The van der Waals surface area contributed by atoms with E-state index in [2.05, 4.69) is 5.32 Å². The van der Waals surface area contributed by atoms with Crippen molar-refractivity contribution in [3.63, 3.8) is 0 Å². The minimum Gasteiger partial charge on any atom is -0.462 e. The molecule has 1 aliphatic heterocycles. The Labute approximate surface area is 94.7 Å². The van der Waals surface area contributed by atoms with Gasteiger partial charge in [0.05, 0.1) is 11.8 Å². The molecule has 1 amide bonds. The highest BCUT2D eigenvalue weighted by Gasteiger charge is 2.63. The van der Waals surface area contributed by atoms with E-state index in [1.165, 1.54) is 0 Å². The minimum atomic E-state index is -0.138. The molecule has 3 fully saturated rings. The van der Waals surface area contributed by atoms with E-state index in [0.29, 0.717) is 18.4 Å². The molecule has 1 heterocycles. The van der Waals surface area contributed by atoms with Gasteiger partial charge >= 0.3 is 5.97 Å². The van der Waals surface area contributed by atoms with Crippen LogP contribution in [0.15, 0.2) is 0 Å². The maximum atomic E-state index is 12.0. The summed E-state index contributed by atoms with van der Waals surface area (Å²) in [6.45, 7) is 2.73. The van der Waals surface area contributed by atoms with E-state index >= 15 is 0 Å². The highest BCUT2D eigenvalue weighted by molar-refractivity contribution is 5.88. The van der Waals surface area contributed by atoms with Crippen molar-refractivity contribution in [1.29, 1.82) is 0 Å². The number of hydrogen-bond acceptors (Lipinski definition) is 3. The lowest BCUT2D eigenvalue weighted by Crippen LogP contribution is -2.40. The number of esters is 1. The molecule has 88 valence electrons. The lowest BCUT2D eigenvalue weighted by atomic mass is 9.79. The lowest BCUT2D eigenvalue weighted by Gasteiger charge is -2.23. The van der Waals surface area contributed by atoms with E-state index in [0.717, 1.165) is 19.3 Å². The second kappa shape index (κ2) is 3.47. The average molecular weight is 223 g/mol. The van der Waals surface area contributed by atoms with Crippen LogP contribution < -0.4 is 5.32 Å². The first kappa shape index (κ1) is 10.1. The van der Waals surface area contributed by atoms with E-state index in [9.17, 15) is 9.59 Å². The van der Waals surface area contributed by atoms with Gasteiger partial charge < -0.3 is 10.1 Å².